The molecule has 1 fully saturated rings. The number of aryl methyl sites for hydroxylation is 3. The molecule has 0 radical (unpaired) electrons. The highest BCUT2D eigenvalue weighted by Crippen LogP contribution is 2.29. The maximum Gasteiger partial charge on any atom is 0.335 e. The van der Waals surface area contributed by atoms with Gasteiger partial charge in [0.25, 0.3) is 5.91 Å². The second-order valence-electron chi connectivity index (χ2n) is 10.4. The highest BCUT2D eigenvalue weighted by atomic mass is 16.7. The zero-order valence-corrected chi connectivity index (χ0v) is 23.6. The lowest BCUT2D eigenvalue weighted by molar-refractivity contribution is -0.154. The van der Waals surface area contributed by atoms with E-state index in [1.165, 1.54) is 0 Å². The number of urea groups is 1. The summed E-state index contributed by atoms with van der Waals surface area (Å²) in [5, 5.41) is 5.74. The average Bonchev–Trinajstić information content (AvgIpc) is 3.23. The maximum atomic E-state index is 13.2. The molecule has 0 atom stereocenters. The Morgan fingerprint density at radius 3 is 2.02 bits per heavy atom. The first-order valence-corrected chi connectivity index (χ1v) is 13.7. The SMILES string of the molecule is COc1ccc(-c2ccc(C(=O)NOC(=O)C3CCCCCC3)c(NC(=O)Nc3c(C)cc(C)cc3C)c2)cc1. The summed E-state index contributed by atoms with van der Waals surface area (Å²) in [6.07, 6.45) is 5.68. The molecule has 3 aromatic carbocycles. The van der Waals surface area contributed by atoms with Gasteiger partial charge in [0, 0.05) is 5.69 Å². The molecule has 40 heavy (non-hydrogen) atoms. The van der Waals surface area contributed by atoms with E-state index in [1.54, 1.807) is 25.3 Å². The Morgan fingerprint density at radius 1 is 0.775 bits per heavy atom. The number of carbonyl (C=O) groups excluding carboxylic acids is 3. The molecule has 0 saturated heterocycles. The van der Waals surface area contributed by atoms with Gasteiger partial charge in [-0.25, -0.2) is 9.59 Å². The number of hydroxylamine groups is 1. The molecule has 1 aliphatic rings. The largest absolute Gasteiger partial charge is 0.497 e. The molecule has 0 aromatic heterocycles. The van der Waals surface area contributed by atoms with Crippen LogP contribution in [0.15, 0.2) is 54.6 Å². The van der Waals surface area contributed by atoms with Gasteiger partial charge in [-0.3, -0.25) is 4.79 Å². The predicted molar refractivity (Wildman–Crippen MR) is 156 cm³/mol. The molecule has 8 heteroatoms. The molecule has 1 saturated carbocycles. The lowest BCUT2D eigenvalue weighted by Crippen LogP contribution is -2.31. The average molecular weight is 544 g/mol. The van der Waals surface area contributed by atoms with Gasteiger partial charge in [0.1, 0.15) is 5.75 Å². The van der Waals surface area contributed by atoms with Gasteiger partial charge in [-0.05, 0) is 80.1 Å². The van der Waals surface area contributed by atoms with Gasteiger partial charge in [-0.2, -0.15) is 5.48 Å². The minimum absolute atomic E-state index is 0.165. The van der Waals surface area contributed by atoms with Gasteiger partial charge in [0.15, 0.2) is 0 Å². The van der Waals surface area contributed by atoms with Crippen LogP contribution in [-0.2, 0) is 9.63 Å². The third kappa shape index (κ3) is 7.20. The van der Waals surface area contributed by atoms with Gasteiger partial charge in [-0.1, -0.05) is 61.6 Å². The van der Waals surface area contributed by atoms with Crippen LogP contribution in [0.1, 0.15) is 65.6 Å². The van der Waals surface area contributed by atoms with Crippen molar-refractivity contribution in [2.75, 3.05) is 17.7 Å². The van der Waals surface area contributed by atoms with Crippen LogP contribution >= 0.6 is 0 Å². The van der Waals surface area contributed by atoms with E-state index in [9.17, 15) is 14.4 Å². The van der Waals surface area contributed by atoms with E-state index in [0.717, 1.165) is 72.1 Å². The van der Waals surface area contributed by atoms with Crippen molar-refractivity contribution < 1.29 is 24.0 Å². The minimum Gasteiger partial charge on any atom is -0.497 e. The van der Waals surface area contributed by atoms with Gasteiger partial charge < -0.3 is 20.2 Å². The molecule has 0 heterocycles. The highest BCUT2D eigenvalue weighted by Gasteiger charge is 2.24. The van der Waals surface area contributed by atoms with E-state index in [-0.39, 0.29) is 17.2 Å². The van der Waals surface area contributed by atoms with Gasteiger partial charge in [-0.15, -0.1) is 0 Å². The summed E-state index contributed by atoms with van der Waals surface area (Å²) in [6, 6.07) is 16.1. The third-order valence-corrected chi connectivity index (χ3v) is 7.28. The highest BCUT2D eigenvalue weighted by molar-refractivity contribution is 6.07. The fourth-order valence-corrected chi connectivity index (χ4v) is 5.20. The fourth-order valence-electron chi connectivity index (χ4n) is 5.20. The molecule has 3 aromatic rings. The molecule has 210 valence electrons. The van der Waals surface area contributed by atoms with Crippen LogP contribution in [0.3, 0.4) is 0 Å². The summed E-state index contributed by atoms with van der Waals surface area (Å²) in [5.41, 5.74) is 8.08. The van der Waals surface area contributed by atoms with E-state index < -0.39 is 17.9 Å². The Morgan fingerprint density at radius 2 is 1.40 bits per heavy atom. The van der Waals surface area contributed by atoms with Crippen LogP contribution in [0.5, 0.6) is 5.75 Å². The van der Waals surface area contributed by atoms with Crippen LogP contribution in [0, 0.1) is 26.7 Å². The number of amides is 3. The van der Waals surface area contributed by atoms with Crippen molar-refractivity contribution in [3.8, 4) is 16.9 Å². The topological polar surface area (TPSA) is 106 Å². The number of methoxy groups -OCH3 is 1. The smallest absolute Gasteiger partial charge is 0.335 e. The minimum atomic E-state index is -0.624. The second-order valence-corrected chi connectivity index (χ2v) is 10.4. The number of nitrogens with one attached hydrogen (secondary N) is 3. The molecular weight excluding hydrogens is 506 g/mol. The van der Waals surface area contributed by atoms with E-state index in [1.807, 2.05) is 57.2 Å². The zero-order valence-electron chi connectivity index (χ0n) is 23.6. The van der Waals surface area contributed by atoms with Gasteiger partial charge in [0.05, 0.1) is 24.3 Å². The summed E-state index contributed by atoms with van der Waals surface area (Å²) >= 11 is 0. The number of hydrogen-bond acceptors (Lipinski definition) is 5. The first-order chi connectivity index (χ1) is 19.2. The molecule has 8 nitrogen and oxygen atoms in total. The zero-order chi connectivity index (χ0) is 28.6. The standard InChI is InChI=1S/C32H37N3O5/c1-20-17-21(2)29(22(3)18-20)34-32(38)33-28-19-25(23-11-14-26(39-4)15-12-23)13-16-27(28)30(36)35-40-31(37)24-9-7-5-6-8-10-24/h11-19,24H,5-10H2,1-4H3,(H,35,36)(H2,33,34,38). The third-order valence-electron chi connectivity index (χ3n) is 7.28. The molecule has 0 aliphatic heterocycles. The van der Waals surface area contributed by atoms with Crippen LogP contribution in [-0.4, -0.2) is 25.0 Å². The molecule has 3 N–H and O–H groups in total. The van der Waals surface area contributed by atoms with Gasteiger partial charge in [0.2, 0.25) is 0 Å². The number of hydrogen-bond donors (Lipinski definition) is 3. The number of rotatable bonds is 6. The lowest BCUT2D eigenvalue weighted by atomic mass is 10.0. The van der Waals surface area contributed by atoms with Crippen molar-refractivity contribution in [2.24, 2.45) is 5.92 Å². The van der Waals surface area contributed by atoms with Crippen molar-refractivity contribution in [1.29, 1.82) is 0 Å². The Hall–Kier alpha value is -4.33. The van der Waals surface area contributed by atoms with Crippen LogP contribution in [0.2, 0.25) is 0 Å². The number of carbonyl (C=O) groups is 3. The lowest BCUT2D eigenvalue weighted by Gasteiger charge is -2.17. The van der Waals surface area contributed by atoms with Crippen LogP contribution in [0.25, 0.3) is 11.1 Å². The Labute approximate surface area is 235 Å². The number of benzene rings is 3. The summed E-state index contributed by atoms with van der Waals surface area (Å²) in [5.74, 6) is -0.551. The van der Waals surface area contributed by atoms with E-state index in [2.05, 4.69) is 16.1 Å². The summed E-state index contributed by atoms with van der Waals surface area (Å²) in [6.45, 7) is 5.87. The molecule has 1 aliphatic carbocycles. The van der Waals surface area contributed by atoms with Crippen LogP contribution in [0.4, 0.5) is 16.2 Å². The van der Waals surface area contributed by atoms with Crippen molar-refractivity contribution in [3.05, 3.63) is 76.9 Å². The molecule has 3 amide bonds. The Kier molecular flexibility index (Phi) is 9.43. The summed E-state index contributed by atoms with van der Waals surface area (Å²) in [7, 11) is 1.60. The van der Waals surface area contributed by atoms with Crippen molar-refractivity contribution in [2.45, 2.75) is 59.3 Å². The maximum absolute atomic E-state index is 13.2. The van der Waals surface area contributed by atoms with E-state index in [4.69, 9.17) is 9.57 Å². The predicted octanol–water partition coefficient (Wildman–Crippen LogP) is 7.09. The van der Waals surface area contributed by atoms with Crippen LogP contribution < -0.4 is 20.9 Å². The second kappa shape index (κ2) is 13.2. The Balaban J connectivity index is 1.56. The molecule has 0 unspecified atom stereocenters. The normalized spacial score (nSPS) is 13.6. The van der Waals surface area contributed by atoms with E-state index in [0.29, 0.717) is 5.69 Å². The number of ether oxygens (including phenoxy) is 1. The summed E-state index contributed by atoms with van der Waals surface area (Å²) in [4.78, 5) is 44.1. The number of anilines is 2. The molecule has 0 spiro atoms. The van der Waals surface area contributed by atoms with Crippen molar-refractivity contribution in [1.82, 2.24) is 5.48 Å². The van der Waals surface area contributed by atoms with E-state index >= 15 is 0 Å². The molecule has 0 bridgehead atoms. The quantitative estimate of drug-likeness (QED) is 0.227. The Bertz CT molecular complexity index is 1350. The van der Waals surface area contributed by atoms with Crippen molar-refractivity contribution >= 4 is 29.3 Å². The monoisotopic (exact) mass is 543 g/mol. The first kappa shape index (κ1) is 28.7. The fraction of sp³-hybridized carbons (Fsp3) is 0.344. The first-order valence-electron chi connectivity index (χ1n) is 13.7. The van der Waals surface area contributed by atoms with Crippen molar-refractivity contribution in [3.63, 3.8) is 0 Å². The van der Waals surface area contributed by atoms with Gasteiger partial charge >= 0.3 is 12.0 Å². The summed E-state index contributed by atoms with van der Waals surface area (Å²) < 4.78 is 5.25. The molecular formula is C32H37N3O5. The molecule has 4 rings (SSSR count).